The van der Waals surface area contributed by atoms with Crippen LogP contribution in [0.4, 0.5) is 5.13 Å². The molecule has 0 aliphatic rings. The molecule has 0 aliphatic heterocycles. The zero-order chi connectivity index (χ0) is 15.0. The van der Waals surface area contributed by atoms with Crippen molar-refractivity contribution in [3.8, 4) is 0 Å². The van der Waals surface area contributed by atoms with Crippen molar-refractivity contribution < 1.29 is 4.79 Å². The number of carbonyl (C=O) groups excluding carboxylic acids is 1. The van der Waals surface area contributed by atoms with Crippen LogP contribution in [0.1, 0.15) is 20.2 Å². The molecule has 0 aliphatic carbocycles. The van der Waals surface area contributed by atoms with E-state index in [1.54, 1.807) is 12.1 Å². The van der Waals surface area contributed by atoms with E-state index in [0.717, 1.165) is 27.3 Å². The molecule has 0 saturated heterocycles. The van der Waals surface area contributed by atoms with E-state index in [1.165, 1.54) is 11.3 Å². The molecule has 1 amide bonds. The molecule has 21 heavy (non-hydrogen) atoms. The van der Waals surface area contributed by atoms with Crippen LogP contribution >= 0.6 is 22.7 Å². The fraction of sp³-hybridized carbons (Fsp3) is 0.133. The maximum atomic E-state index is 12.3. The molecule has 1 aromatic carbocycles. The number of anilines is 1. The molecule has 0 atom stereocenters. The molecule has 1 N–H and O–H groups in total. The number of nitrogens with zero attached hydrogens (tertiary/aromatic N) is 1. The van der Waals surface area contributed by atoms with E-state index < -0.39 is 0 Å². The Hall–Kier alpha value is -2.05. The van der Waals surface area contributed by atoms with Crippen LogP contribution in [0.5, 0.6) is 0 Å². The van der Waals surface area contributed by atoms with Gasteiger partial charge in [0.25, 0.3) is 5.91 Å². The highest BCUT2D eigenvalue weighted by Gasteiger charge is 2.13. The fourth-order valence-corrected chi connectivity index (χ4v) is 3.57. The number of fused-ring (bicyclic) bond motifs is 1. The Labute approximate surface area is 129 Å². The lowest BCUT2D eigenvalue weighted by Crippen LogP contribution is -2.12. The van der Waals surface area contributed by atoms with Gasteiger partial charge in [0.1, 0.15) is 0 Å². The van der Waals surface area contributed by atoms with Gasteiger partial charge in [-0.3, -0.25) is 14.9 Å². The Bertz CT molecular complexity index is 877. The quantitative estimate of drug-likeness (QED) is 0.786. The molecule has 2 heterocycles. The summed E-state index contributed by atoms with van der Waals surface area (Å²) in [5.74, 6) is -0.295. The number of amides is 1. The monoisotopic (exact) mass is 316 g/mol. The van der Waals surface area contributed by atoms with Crippen molar-refractivity contribution in [2.45, 2.75) is 13.8 Å². The largest absolute Gasteiger partial charge is 0.297 e. The van der Waals surface area contributed by atoms with Gasteiger partial charge >= 0.3 is 0 Å². The second-order valence-corrected chi connectivity index (χ2v) is 6.82. The number of thiazole rings is 1. The minimum atomic E-state index is -0.295. The lowest BCUT2D eigenvalue weighted by molar-refractivity contribution is 0.103. The number of nitrogens with one attached hydrogen (secondary N) is 1. The van der Waals surface area contributed by atoms with Crippen molar-refractivity contribution >= 4 is 44.5 Å². The van der Waals surface area contributed by atoms with Gasteiger partial charge < -0.3 is 0 Å². The second-order valence-electron chi connectivity index (χ2n) is 4.60. The Balaban J connectivity index is 1.96. The second kappa shape index (κ2) is 5.38. The first-order valence-corrected chi connectivity index (χ1v) is 7.96. The Kier molecular flexibility index (Phi) is 3.57. The summed E-state index contributed by atoms with van der Waals surface area (Å²) in [5, 5.41) is 4.72. The maximum absolute atomic E-state index is 12.3. The molecule has 0 bridgehead atoms. The lowest BCUT2D eigenvalue weighted by Gasteiger charge is -2.02. The summed E-state index contributed by atoms with van der Waals surface area (Å²) < 4.78 is -0.107. The summed E-state index contributed by atoms with van der Waals surface area (Å²) in [6, 6.07) is 9.00. The fourth-order valence-electron chi connectivity index (χ4n) is 1.93. The first-order chi connectivity index (χ1) is 10.0. The standard InChI is InChI=1S/C15H12N2O2S2/c1-8-9(2)20-15(16-8)17-13(18)12-7-10-5-3-4-6-11(10)14(19)21-12/h3-7H,1-2H3,(H,16,17,18). The van der Waals surface area contributed by atoms with Crippen molar-refractivity contribution in [1.29, 1.82) is 0 Å². The Morgan fingerprint density at radius 2 is 1.95 bits per heavy atom. The van der Waals surface area contributed by atoms with Gasteiger partial charge in [0, 0.05) is 10.3 Å². The predicted octanol–water partition coefficient (Wildman–Crippen LogP) is 3.59. The molecular formula is C15H12N2O2S2. The summed E-state index contributed by atoms with van der Waals surface area (Å²) >= 11 is 2.38. The van der Waals surface area contributed by atoms with E-state index in [4.69, 9.17) is 0 Å². The van der Waals surface area contributed by atoms with E-state index in [9.17, 15) is 9.59 Å². The van der Waals surface area contributed by atoms with Gasteiger partial charge in [-0.2, -0.15) is 0 Å². The highest BCUT2D eigenvalue weighted by atomic mass is 32.1. The smallest absolute Gasteiger partial charge is 0.267 e. The number of aryl methyl sites for hydroxylation is 2. The highest BCUT2D eigenvalue weighted by Crippen LogP contribution is 2.22. The molecule has 0 unspecified atom stereocenters. The minimum absolute atomic E-state index is 0.107. The van der Waals surface area contributed by atoms with Crippen molar-refractivity contribution in [2.24, 2.45) is 0 Å². The third kappa shape index (κ3) is 2.72. The van der Waals surface area contributed by atoms with E-state index >= 15 is 0 Å². The molecule has 2 aromatic heterocycles. The van der Waals surface area contributed by atoms with Crippen molar-refractivity contribution in [2.75, 3.05) is 5.32 Å². The zero-order valence-corrected chi connectivity index (χ0v) is 13.1. The summed E-state index contributed by atoms with van der Waals surface area (Å²) in [5.41, 5.74) is 0.905. The number of aromatic nitrogens is 1. The summed E-state index contributed by atoms with van der Waals surface area (Å²) in [7, 11) is 0. The molecule has 0 fully saturated rings. The van der Waals surface area contributed by atoms with Crippen LogP contribution in [-0.4, -0.2) is 10.9 Å². The average molecular weight is 316 g/mol. The number of carbonyl (C=O) groups is 1. The van der Waals surface area contributed by atoms with Crippen molar-refractivity contribution in [3.63, 3.8) is 0 Å². The summed E-state index contributed by atoms with van der Waals surface area (Å²) in [4.78, 5) is 30.0. The van der Waals surface area contributed by atoms with Crippen molar-refractivity contribution in [1.82, 2.24) is 4.98 Å². The normalized spacial score (nSPS) is 10.8. The van der Waals surface area contributed by atoms with Crippen LogP contribution in [0, 0.1) is 13.8 Å². The van der Waals surface area contributed by atoms with Gasteiger partial charge in [0.05, 0.1) is 10.6 Å². The van der Waals surface area contributed by atoms with Crippen LogP contribution in [0.3, 0.4) is 0 Å². The molecule has 0 spiro atoms. The topological polar surface area (TPSA) is 59.1 Å². The van der Waals surface area contributed by atoms with Crippen LogP contribution in [-0.2, 0) is 0 Å². The van der Waals surface area contributed by atoms with Crippen LogP contribution in [0.15, 0.2) is 35.1 Å². The molecule has 0 radical (unpaired) electrons. The van der Waals surface area contributed by atoms with Crippen LogP contribution < -0.4 is 10.1 Å². The molecule has 3 aromatic rings. The summed E-state index contributed by atoms with van der Waals surface area (Å²) in [6.45, 7) is 3.85. The number of hydrogen-bond donors (Lipinski definition) is 1. The lowest BCUT2D eigenvalue weighted by atomic mass is 10.2. The molecule has 4 nitrogen and oxygen atoms in total. The summed E-state index contributed by atoms with van der Waals surface area (Å²) in [6.07, 6.45) is 0. The van der Waals surface area contributed by atoms with Gasteiger partial charge in [0.15, 0.2) is 5.13 Å². The predicted molar refractivity (Wildman–Crippen MR) is 87.6 cm³/mol. The van der Waals surface area contributed by atoms with E-state index in [2.05, 4.69) is 10.3 Å². The molecule has 0 saturated carbocycles. The van der Waals surface area contributed by atoms with E-state index in [-0.39, 0.29) is 10.6 Å². The van der Waals surface area contributed by atoms with E-state index in [0.29, 0.717) is 15.4 Å². The van der Waals surface area contributed by atoms with Gasteiger partial charge in [-0.15, -0.1) is 11.3 Å². The first-order valence-electron chi connectivity index (χ1n) is 6.33. The molecular weight excluding hydrogens is 304 g/mol. The van der Waals surface area contributed by atoms with E-state index in [1.807, 2.05) is 32.0 Å². The minimum Gasteiger partial charge on any atom is -0.297 e. The number of rotatable bonds is 2. The van der Waals surface area contributed by atoms with Gasteiger partial charge in [0.2, 0.25) is 4.74 Å². The average Bonchev–Trinajstić information content (AvgIpc) is 2.77. The van der Waals surface area contributed by atoms with Crippen molar-refractivity contribution in [3.05, 3.63) is 55.3 Å². The van der Waals surface area contributed by atoms with Gasteiger partial charge in [-0.25, -0.2) is 4.98 Å². The maximum Gasteiger partial charge on any atom is 0.267 e. The van der Waals surface area contributed by atoms with Crippen LogP contribution in [0.2, 0.25) is 0 Å². The Morgan fingerprint density at radius 1 is 1.19 bits per heavy atom. The number of benzene rings is 1. The van der Waals surface area contributed by atoms with Crippen LogP contribution in [0.25, 0.3) is 10.8 Å². The first kappa shape index (κ1) is 13.9. The Morgan fingerprint density at radius 3 is 2.67 bits per heavy atom. The third-order valence-electron chi connectivity index (χ3n) is 3.14. The SMILES string of the molecule is Cc1nc(NC(=O)c2cc3ccccc3c(=O)s2)sc1C. The molecule has 106 valence electrons. The zero-order valence-electron chi connectivity index (χ0n) is 11.5. The highest BCUT2D eigenvalue weighted by molar-refractivity contribution is 7.16. The third-order valence-corrected chi connectivity index (χ3v) is 5.06. The molecule has 6 heteroatoms. The molecule has 3 rings (SSSR count). The van der Waals surface area contributed by atoms with Gasteiger partial charge in [-0.1, -0.05) is 29.5 Å². The van der Waals surface area contributed by atoms with Gasteiger partial charge in [-0.05, 0) is 31.4 Å². The number of hydrogen-bond acceptors (Lipinski definition) is 5.